The van der Waals surface area contributed by atoms with Crippen molar-refractivity contribution >= 4 is 48.9 Å². The number of sulfonamides is 1. The van der Waals surface area contributed by atoms with Crippen LogP contribution in [0.4, 0.5) is 5.69 Å². The number of aryl methyl sites for hydroxylation is 2. The van der Waals surface area contributed by atoms with Crippen molar-refractivity contribution in [3.8, 4) is 16.9 Å². The molecule has 0 spiro atoms. The van der Waals surface area contributed by atoms with Crippen LogP contribution in [0.3, 0.4) is 0 Å². The Morgan fingerprint density at radius 1 is 1.10 bits per heavy atom. The second-order valence-corrected chi connectivity index (χ2v) is 10.6. The Balaban J connectivity index is 1.81. The molecule has 0 atom stereocenters. The van der Waals surface area contributed by atoms with Gasteiger partial charge < -0.3 is 4.74 Å². The van der Waals surface area contributed by atoms with Gasteiger partial charge in [-0.05, 0) is 55.3 Å². The molecule has 0 bridgehead atoms. The van der Waals surface area contributed by atoms with Gasteiger partial charge in [-0.1, -0.05) is 35.9 Å². The Morgan fingerprint density at radius 2 is 1.84 bits per heavy atom. The molecule has 0 amide bonds. The van der Waals surface area contributed by atoms with Gasteiger partial charge in [0.1, 0.15) is 10.6 Å². The summed E-state index contributed by atoms with van der Waals surface area (Å²) in [5.74, 6) is 0.589. The molecule has 0 fully saturated rings. The summed E-state index contributed by atoms with van der Waals surface area (Å²) in [6.45, 7) is 3.87. The van der Waals surface area contributed by atoms with E-state index in [-0.39, 0.29) is 5.75 Å². The zero-order valence-corrected chi connectivity index (χ0v) is 19.7. The van der Waals surface area contributed by atoms with E-state index in [1.807, 2.05) is 38.1 Å². The first kappa shape index (κ1) is 21.6. The van der Waals surface area contributed by atoms with Gasteiger partial charge in [-0.2, -0.15) is 0 Å². The molecule has 0 aliphatic rings. The average Bonchev–Trinajstić information content (AvgIpc) is 3.05. The number of pyridine rings is 1. The van der Waals surface area contributed by atoms with Crippen molar-refractivity contribution in [2.45, 2.75) is 19.6 Å². The molecule has 0 unspecified atom stereocenters. The highest BCUT2D eigenvalue weighted by atomic mass is 35.5. The van der Waals surface area contributed by atoms with Gasteiger partial charge in [0.05, 0.1) is 18.6 Å². The molecular formula is C23H21ClN2O3S2. The van der Waals surface area contributed by atoms with Crippen LogP contribution >= 0.6 is 22.9 Å². The number of hydrogen-bond acceptors (Lipinski definition) is 5. The van der Waals surface area contributed by atoms with Crippen molar-refractivity contribution in [3.63, 3.8) is 0 Å². The molecule has 4 aromatic rings. The first-order chi connectivity index (χ1) is 14.8. The molecule has 1 N–H and O–H groups in total. The fourth-order valence-electron chi connectivity index (χ4n) is 3.54. The Hall–Kier alpha value is -2.61. The van der Waals surface area contributed by atoms with E-state index >= 15 is 0 Å². The molecule has 5 nitrogen and oxygen atoms in total. The molecular weight excluding hydrogens is 452 g/mol. The van der Waals surface area contributed by atoms with Crippen molar-refractivity contribution < 1.29 is 13.2 Å². The van der Waals surface area contributed by atoms with Crippen LogP contribution in [0.2, 0.25) is 5.02 Å². The van der Waals surface area contributed by atoms with Gasteiger partial charge in [0.15, 0.2) is 0 Å². The van der Waals surface area contributed by atoms with Gasteiger partial charge in [-0.25, -0.2) is 13.4 Å². The topological polar surface area (TPSA) is 68.3 Å². The van der Waals surface area contributed by atoms with Crippen LogP contribution in [0.25, 0.3) is 21.3 Å². The van der Waals surface area contributed by atoms with Crippen molar-refractivity contribution in [3.05, 3.63) is 75.8 Å². The molecule has 31 heavy (non-hydrogen) atoms. The number of thiophene rings is 1. The first-order valence-corrected chi connectivity index (χ1v) is 12.4. The lowest BCUT2D eigenvalue weighted by Gasteiger charge is -2.12. The number of aromatic nitrogens is 1. The normalized spacial score (nSPS) is 11.6. The highest BCUT2D eigenvalue weighted by Gasteiger charge is 2.20. The molecule has 0 saturated heterocycles. The third-order valence-corrected chi connectivity index (χ3v) is 7.36. The fraction of sp³-hybridized carbons (Fsp3) is 0.174. The average molecular weight is 473 g/mol. The van der Waals surface area contributed by atoms with Gasteiger partial charge in [-0.3, -0.25) is 4.72 Å². The van der Waals surface area contributed by atoms with Gasteiger partial charge in [0, 0.05) is 26.5 Å². The lowest BCUT2D eigenvalue weighted by Crippen LogP contribution is -2.15. The number of halogens is 1. The molecule has 2 aromatic heterocycles. The maximum absolute atomic E-state index is 13.0. The summed E-state index contributed by atoms with van der Waals surface area (Å²) in [6, 6.07) is 16.3. The second kappa shape index (κ2) is 8.49. The van der Waals surface area contributed by atoms with Gasteiger partial charge >= 0.3 is 0 Å². The number of nitrogens with one attached hydrogen (secondary N) is 1. The van der Waals surface area contributed by atoms with E-state index in [4.69, 9.17) is 16.3 Å². The number of ether oxygens (including phenoxy) is 1. The Labute approximate surface area is 190 Å². The van der Waals surface area contributed by atoms with Crippen molar-refractivity contribution in [1.29, 1.82) is 0 Å². The monoisotopic (exact) mass is 472 g/mol. The minimum Gasteiger partial charge on any atom is -0.497 e. The predicted molar refractivity (Wildman–Crippen MR) is 129 cm³/mol. The van der Waals surface area contributed by atoms with Crippen molar-refractivity contribution in [2.75, 3.05) is 11.8 Å². The minimum atomic E-state index is -3.65. The number of benzene rings is 2. The highest BCUT2D eigenvalue weighted by Crippen LogP contribution is 2.42. The molecule has 8 heteroatoms. The van der Waals surface area contributed by atoms with Crippen LogP contribution in [-0.2, 0) is 15.8 Å². The summed E-state index contributed by atoms with van der Waals surface area (Å²) in [4.78, 5) is 6.49. The minimum absolute atomic E-state index is 0.148. The predicted octanol–water partition coefficient (Wildman–Crippen LogP) is 6.18. The summed E-state index contributed by atoms with van der Waals surface area (Å²) in [7, 11) is -2.03. The SMILES string of the molecule is COc1cccc(-c2c(C)sc3nc(C)cc(NS(=O)(=O)Cc4ccc(Cl)cc4)c23)c1. The first-order valence-electron chi connectivity index (χ1n) is 9.56. The van der Waals surface area contributed by atoms with Crippen LogP contribution in [0.1, 0.15) is 16.1 Å². The van der Waals surface area contributed by atoms with E-state index in [2.05, 4.69) is 9.71 Å². The van der Waals surface area contributed by atoms with E-state index in [9.17, 15) is 8.42 Å². The van der Waals surface area contributed by atoms with Crippen LogP contribution in [0.15, 0.2) is 54.6 Å². The second-order valence-electron chi connectivity index (χ2n) is 7.24. The van der Waals surface area contributed by atoms with Crippen LogP contribution in [0, 0.1) is 13.8 Å². The van der Waals surface area contributed by atoms with Crippen LogP contribution < -0.4 is 9.46 Å². The molecule has 0 aliphatic heterocycles. The lowest BCUT2D eigenvalue weighted by molar-refractivity contribution is 0.415. The molecule has 2 aromatic carbocycles. The third kappa shape index (κ3) is 4.69. The molecule has 0 saturated carbocycles. The third-order valence-electron chi connectivity index (χ3n) is 4.86. The summed E-state index contributed by atoms with van der Waals surface area (Å²) in [5.41, 5.74) is 3.84. The number of hydrogen-bond donors (Lipinski definition) is 1. The number of methoxy groups -OCH3 is 1. The van der Waals surface area contributed by atoms with Gasteiger partial charge in [-0.15, -0.1) is 11.3 Å². The highest BCUT2D eigenvalue weighted by molar-refractivity contribution is 7.91. The fourth-order valence-corrected chi connectivity index (χ4v) is 5.98. The summed E-state index contributed by atoms with van der Waals surface area (Å²) >= 11 is 7.46. The quantitative estimate of drug-likeness (QED) is 0.363. The number of anilines is 1. The van der Waals surface area contributed by atoms with Crippen molar-refractivity contribution in [2.24, 2.45) is 0 Å². The number of nitrogens with zero attached hydrogens (tertiary/aromatic N) is 1. The molecule has 0 radical (unpaired) electrons. The van der Waals surface area contributed by atoms with Gasteiger partial charge in [0.2, 0.25) is 10.0 Å². The zero-order chi connectivity index (χ0) is 22.2. The molecule has 2 heterocycles. The summed E-state index contributed by atoms with van der Waals surface area (Å²) in [5, 5.41) is 1.36. The van der Waals surface area contributed by atoms with E-state index in [1.54, 1.807) is 48.8 Å². The summed E-state index contributed by atoms with van der Waals surface area (Å²) < 4.78 is 34.1. The number of fused-ring (bicyclic) bond motifs is 1. The van der Waals surface area contributed by atoms with E-state index in [0.717, 1.165) is 37.7 Å². The maximum Gasteiger partial charge on any atom is 0.236 e. The largest absolute Gasteiger partial charge is 0.497 e. The van der Waals surface area contributed by atoms with E-state index in [0.29, 0.717) is 16.3 Å². The standard InChI is InChI=1S/C23H21ClN2O3S2/c1-14-11-20(26-31(27,28)13-16-7-9-18(24)10-8-16)22-21(15(2)30-23(22)25-14)17-5-4-6-19(12-17)29-3/h4-12H,13H2,1-3H3,(H,25,26). The Morgan fingerprint density at radius 3 is 2.55 bits per heavy atom. The maximum atomic E-state index is 13.0. The molecule has 0 aliphatic carbocycles. The smallest absolute Gasteiger partial charge is 0.236 e. The Kier molecular flexibility index (Phi) is 5.92. The van der Waals surface area contributed by atoms with E-state index in [1.165, 1.54) is 0 Å². The van der Waals surface area contributed by atoms with Crippen LogP contribution in [0.5, 0.6) is 5.75 Å². The number of rotatable bonds is 6. The van der Waals surface area contributed by atoms with Crippen LogP contribution in [-0.4, -0.2) is 20.5 Å². The zero-order valence-electron chi connectivity index (χ0n) is 17.3. The molecule has 160 valence electrons. The lowest BCUT2D eigenvalue weighted by atomic mass is 10.0. The van der Waals surface area contributed by atoms with E-state index < -0.39 is 10.0 Å². The summed E-state index contributed by atoms with van der Waals surface area (Å²) in [6.07, 6.45) is 0. The van der Waals surface area contributed by atoms with Crippen molar-refractivity contribution in [1.82, 2.24) is 4.98 Å². The molecule has 4 rings (SSSR count). The Bertz CT molecular complexity index is 1360. The van der Waals surface area contributed by atoms with Gasteiger partial charge in [0.25, 0.3) is 0 Å².